The second kappa shape index (κ2) is 6.46. The zero-order chi connectivity index (χ0) is 12.8. The van der Waals surface area contributed by atoms with Crippen molar-refractivity contribution >= 4 is 5.97 Å². The van der Waals surface area contributed by atoms with Gasteiger partial charge in [0, 0.05) is 0 Å². The number of carbonyl (C=O) groups is 1. The van der Waals surface area contributed by atoms with E-state index in [0.717, 1.165) is 19.3 Å². The normalized spacial score (nSPS) is 21.6. The van der Waals surface area contributed by atoms with Gasteiger partial charge >= 0.3 is 5.97 Å². The van der Waals surface area contributed by atoms with Gasteiger partial charge in [0.2, 0.25) is 5.76 Å². The number of aliphatic hydroxyl groups excluding tert-OH is 3. The summed E-state index contributed by atoms with van der Waals surface area (Å²) in [6.45, 7) is 1.79. The lowest BCUT2D eigenvalue weighted by molar-refractivity contribution is -0.148. The van der Waals surface area contributed by atoms with Gasteiger partial charge in [-0.1, -0.05) is 19.8 Å². The van der Waals surface area contributed by atoms with Gasteiger partial charge in [-0.05, 0) is 6.42 Å². The Kier molecular flexibility index (Phi) is 5.24. The summed E-state index contributed by atoms with van der Waals surface area (Å²) in [7, 11) is 0. The fourth-order valence-electron chi connectivity index (χ4n) is 1.49. The first-order valence-corrected chi connectivity index (χ1v) is 5.67. The molecule has 1 aliphatic heterocycles. The van der Waals surface area contributed by atoms with Gasteiger partial charge in [0.1, 0.15) is 6.10 Å². The Morgan fingerprint density at radius 1 is 1.47 bits per heavy atom. The van der Waals surface area contributed by atoms with Crippen molar-refractivity contribution in [3.63, 3.8) is 0 Å². The minimum absolute atomic E-state index is 0.0901. The van der Waals surface area contributed by atoms with Gasteiger partial charge in [-0.25, -0.2) is 4.79 Å². The van der Waals surface area contributed by atoms with Crippen molar-refractivity contribution in [2.75, 3.05) is 13.2 Å². The number of carbonyl (C=O) groups excluding carboxylic acids is 1. The molecule has 0 fully saturated rings. The van der Waals surface area contributed by atoms with Gasteiger partial charge < -0.3 is 24.8 Å². The molecule has 2 atom stereocenters. The third-order valence-corrected chi connectivity index (χ3v) is 2.46. The monoisotopic (exact) mass is 246 g/mol. The molecular weight excluding hydrogens is 228 g/mol. The van der Waals surface area contributed by atoms with Gasteiger partial charge in [0.15, 0.2) is 11.9 Å². The number of cyclic esters (lactones) is 1. The van der Waals surface area contributed by atoms with Crippen molar-refractivity contribution < 1.29 is 29.6 Å². The average molecular weight is 246 g/mol. The summed E-state index contributed by atoms with van der Waals surface area (Å²) in [5.74, 6) is -1.65. The molecule has 0 aromatic carbocycles. The average Bonchev–Trinajstić information content (AvgIpc) is 2.61. The summed E-state index contributed by atoms with van der Waals surface area (Å²) in [6.07, 6.45) is 0.366. The van der Waals surface area contributed by atoms with Gasteiger partial charge in [-0.3, -0.25) is 0 Å². The molecule has 0 radical (unpaired) electrons. The van der Waals surface area contributed by atoms with Gasteiger partial charge in [-0.2, -0.15) is 0 Å². The second-order valence-corrected chi connectivity index (χ2v) is 3.84. The highest BCUT2D eigenvalue weighted by atomic mass is 16.6. The summed E-state index contributed by atoms with van der Waals surface area (Å²) >= 11 is 0. The van der Waals surface area contributed by atoms with Crippen LogP contribution in [0.5, 0.6) is 0 Å². The van der Waals surface area contributed by atoms with E-state index in [2.05, 4.69) is 0 Å². The first-order valence-electron chi connectivity index (χ1n) is 5.67. The lowest BCUT2D eigenvalue weighted by Gasteiger charge is -2.18. The van der Waals surface area contributed by atoms with Crippen LogP contribution in [0.25, 0.3) is 0 Å². The molecule has 1 unspecified atom stereocenters. The van der Waals surface area contributed by atoms with Gasteiger partial charge in [0.05, 0.1) is 13.2 Å². The van der Waals surface area contributed by atoms with E-state index in [-0.39, 0.29) is 5.76 Å². The van der Waals surface area contributed by atoms with Crippen LogP contribution in [0.3, 0.4) is 0 Å². The van der Waals surface area contributed by atoms with Gasteiger partial charge in [-0.15, -0.1) is 0 Å². The number of esters is 1. The Hall–Kier alpha value is -1.27. The Labute approximate surface area is 99.5 Å². The maximum absolute atomic E-state index is 11.1. The molecule has 1 aliphatic rings. The van der Waals surface area contributed by atoms with Crippen LogP contribution in [-0.2, 0) is 14.3 Å². The van der Waals surface area contributed by atoms with Crippen LogP contribution in [0.1, 0.15) is 26.2 Å². The van der Waals surface area contributed by atoms with E-state index in [9.17, 15) is 15.0 Å². The van der Waals surface area contributed by atoms with E-state index in [1.807, 2.05) is 6.92 Å². The highest BCUT2D eigenvalue weighted by Crippen LogP contribution is 2.25. The molecule has 3 N–H and O–H groups in total. The van der Waals surface area contributed by atoms with E-state index >= 15 is 0 Å². The number of rotatable bonds is 7. The van der Waals surface area contributed by atoms with Crippen LogP contribution in [0.2, 0.25) is 0 Å². The lowest BCUT2D eigenvalue weighted by atomic mass is 10.2. The molecule has 1 heterocycles. The molecule has 0 bridgehead atoms. The number of aliphatic hydroxyl groups is 3. The van der Waals surface area contributed by atoms with E-state index < -0.39 is 30.5 Å². The first-order chi connectivity index (χ1) is 8.11. The Balaban J connectivity index is 2.59. The summed E-state index contributed by atoms with van der Waals surface area (Å²) in [4.78, 5) is 11.1. The van der Waals surface area contributed by atoms with Crippen LogP contribution >= 0.6 is 0 Å². The predicted octanol–water partition coefficient (Wildman–Crippen LogP) is 0.241. The molecule has 0 aliphatic carbocycles. The first kappa shape index (κ1) is 13.8. The standard InChI is InChI=1S/C11H18O6/c1-2-3-4-5-16-10-8(14)11(15)17-9(10)7(13)6-12/h7,9,12-14H,2-6H2,1H3/t7?,9-/m1/s1. The Bertz CT molecular complexity index is 298. The summed E-state index contributed by atoms with van der Waals surface area (Å²) in [5.41, 5.74) is 0. The SMILES string of the molecule is CCCCCOC1=C(O)C(=O)O[C@@H]1C(O)CO. The zero-order valence-corrected chi connectivity index (χ0v) is 9.76. The quantitative estimate of drug-likeness (QED) is 0.440. The van der Waals surface area contributed by atoms with E-state index in [0.29, 0.717) is 6.61 Å². The van der Waals surface area contributed by atoms with E-state index in [1.165, 1.54) is 0 Å². The van der Waals surface area contributed by atoms with Crippen molar-refractivity contribution in [2.45, 2.75) is 38.4 Å². The number of unbranched alkanes of at least 4 members (excludes halogenated alkanes) is 2. The molecule has 1 rings (SSSR count). The summed E-state index contributed by atoms with van der Waals surface area (Å²) < 4.78 is 9.93. The Morgan fingerprint density at radius 3 is 2.76 bits per heavy atom. The molecule has 0 amide bonds. The smallest absolute Gasteiger partial charge is 0.378 e. The highest BCUT2D eigenvalue weighted by molar-refractivity contribution is 5.89. The molecular formula is C11H18O6. The van der Waals surface area contributed by atoms with Crippen molar-refractivity contribution in [3.05, 3.63) is 11.5 Å². The summed E-state index contributed by atoms with van der Waals surface area (Å²) in [6, 6.07) is 0. The van der Waals surface area contributed by atoms with Crippen LogP contribution in [0, 0.1) is 0 Å². The molecule has 0 saturated carbocycles. The molecule has 0 saturated heterocycles. The van der Waals surface area contributed by atoms with Crippen molar-refractivity contribution in [1.29, 1.82) is 0 Å². The molecule has 6 nitrogen and oxygen atoms in total. The fraction of sp³-hybridized carbons (Fsp3) is 0.727. The lowest BCUT2D eigenvalue weighted by Crippen LogP contribution is -2.32. The third kappa shape index (κ3) is 3.34. The molecule has 0 spiro atoms. The summed E-state index contributed by atoms with van der Waals surface area (Å²) in [5, 5.41) is 27.6. The number of hydrogen-bond acceptors (Lipinski definition) is 6. The van der Waals surface area contributed by atoms with Gasteiger partial charge in [0.25, 0.3) is 0 Å². The highest BCUT2D eigenvalue weighted by Gasteiger charge is 2.40. The maximum Gasteiger partial charge on any atom is 0.378 e. The molecule has 0 aromatic rings. The second-order valence-electron chi connectivity index (χ2n) is 3.84. The minimum Gasteiger partial charge on any atom is -0.499 e. The van der Waals surface area contributed by atoms with Crippen molar-refractivity contribution in [1.82, 2.24) is 0 Å². The molecule has 0 aromatic heterocycles. The van der Waals surface area contributed by atoms with Crippen LogP contribution in [-0.4, -0.2) is 46.7 Å². The largest absolute Gasteiger partial charge is 0.499 e. The maximum atomic E-state index is 11.1. The molecule has 6 heteroatoms. The van der Waals surface area contributed by atoms with E-state index in [1.54, 1.807) is 0 Å². The number of hydrogen-bond donors (Lipinski definition) is 3. The fourth-order valence-corrected chi connectivity index (χ4v) is 1.49. The zero-order valence-electron chi connectivity index (χ0n) is 9.76. The van der Waals surface area contributed by atoms with E-state index in [4.69, 9.17) is 14.6 Å². The Morgan fingerprint density at radius 2 is 2.18 bits per heavy atom. The topological polar surface area (TPSA) is 96.2 Å². The van der Waals surface area contributed by atoms with Crippen LogP contribution in [0.4, 0.5) is 0 Å². The van der Waals surface area contributed by atoms with Crippen LogP contribution in [0.15, 0.2) is 11.5 Å². The molecule has 17 heavy (non-hydrogen) atoms. The minimum atomic E-state index is -1.29. The third-order valence-electron chi connectivity index (χ3n) is 2.46. The van der Waals surface area contributed by atoms with Crippen molar-refractivity contribution in [3.8, 4) is 0 Å². The van der Waals surface area contributed by atoms with Crippen molar-refractivity contribution in [2.24, 2.45) is 0 Å². The predicted molar refractivity (Wildman–Crippen MR) is 58.1 cm³/mol. The molecule has 98 valence electrons. The van der Waals surface area contributed by atoms with Crippen LogP contribution < -0.4 is 0 Å². The number of ether oxygens (including phenoxy) is 2.